The van der Waals surface area contributed by atoms with Crippen molar-refractivity contribution in [2.45, 2.75) is 32.2 Å². The number of nitriles is 1. The first-order valence-corrected chi connectivity index (χ1v) is 11.5. The zero-order chi connectivity index (χ0) is 24.7. The Balaban J connectivity index is 1.61. The van der Waals surface area contributed by atoms with Gasteiger partial charge in [-0.25, -0.2) is 14.2 Å². The molecule has 0 spiro atoms. The van der Waals surface area contributed by atoms with Gasteiger partial charge < -0.3 is 20.9 Å². The molecule has 4 N–H and O–H groups in total. The SMILES string of the molecule is Cc1c(-c2cc3cc(N(C(=O)O)C4CCOCC4)ncc3c(N)c2F)cnc2c1NCC(C#N)C2. The Labute approximate surface area is 201 Å². The molecular weight excluding hydrogens is 451 g/mol. The van der Waals surface area contributed by atoms with Gasteiger partial charge in [0, 0.05) is 61.1 Å². The number of ether oxygens (including phenoxy) is 1. The van der Waals surface area contributed by atoms with E-state index in [1.165, 1.54) is 11.1 Å². The maximum Gasteiger partial charge on any atom is 0.413 e. The number of nitrogens with zero attached hydrogens (tertiary/aromatic N) is 4. The van der Waals surface area contributed by atoms with E-state index in [0.29, 0.717) is 55.4 Å². The van der Waals surface area contributed by atoms with Crippen LogP contribution in [0.3, 0.4) is 0 Å². The fourth-order valence-electron chi connectivity index (χ4n) is 4.94. The van der Waals surface area contributed by atoms with Crippen LogP contribution in [0.4, 0.5) is 26.4 Å². The van der Waals surface area contributed by atoms with Gasteiger partial charge in [-0.2, -0.15) is 5.26 Å². The van der Waals surface area contributed by atoms with E-state index in [1.807, 2.05) is 6.92 Å². The topological polar surface area (TPSA) is 137 Å². The van der Waals surface area contributed by atoms with Crippen LogP contribution in [0.25, 0.3) is 21.9 Å². The number of fused-ring (bicyclic) bond motifs is 2. The molecule has 35 heavy (non-hydrogen) atoms. The number of nitrogens with one attached hydrogen (secondary N) is 1. The third-order valence-corrected chi connectivity index (χ3v) is 6.85. The van der Waals surface area contributed by atoms with Gasteiger partial charge in [-0.3, -0.25) is 9.88 Å². The summed E-state index contributed by atoms with van der Waals surface area (Å²) in [6.07, 6.45) is 3.60. The molecule has 2 aromatic heterocycles. The number of pyridine rings is 2. The molecule has 0 saturated carbocycles. The van der Waals surface area contributed by atoms with E-state index in [9.17, 15) is 15.2 Å². The summed E-state index contributed by atoms with van der Waals surface area (Å²) in [5, 5.41) is 23.4. The molecule has 0 aliphatic carbocycles. The Bertz CT molecular complexity index is 1370. The Kier molecular flexibility index (Phi) is 5.86. The number of amides is 1. The Morgan fingerprint density at radius 2 is 2.06 bits per heavy atom. The molecule has 1 atom stereocenters. The van der Waals surface area contributed by atoms with E-state index >= 15 is 4.39 Å². The number of aromatic nitrogens is 2. The number of rotatable bonds is 3. The monoisotopic (exact) mass is 476 g/mol. The van der Waals surface area contributed by atoms with Crippen molar-refractivity contribution in [2.24, 2.45) is 5.92 Å². The zero-order valence-corrected chi connectivity index (χ0v) is 19.2. The summed E-state index contributed by atoms with van der Waals surface area (Å²) in [7, 11) is 0. The summed E-state index contributed by atoms with van der Waals surface area (Å²) >= 11 is 0. The van der Waals surface area contributed by atoms with Gasteiger partial charge in [-0.05, 0) is 42.8 Å². The first kappa shape index (κ1) is 22.8. The van der Waals surface area contributed by atoms with Crippen molar-refractivity contribution in [1.82, 2.24) is 9.97 Å². The van der Waals surface area contributed by atoms with Crippen molar-refractivity contribution < 1.29 is 19.0 Å². The fourth-order valence-corrected chi connectivity index (χ4v) is 4.94. The lowest BCUT2D eigenvalue weighted by atomic mass is 9.92. The quantitative estimate of drug-likeness (QED) is 0.481. The summed E-state index contributed by atoms with van der Waals surface area (Å²) in [4.78, 5) is 22.2. The van der Waals surface area contributed by atoms with Crippen LogP contribution in [0, 0.1) is 30.0 Å². The van der Waals surface area contributed by atoms with Gasteiger partial charge in [-0.1, -0.05) is 0 Å². The summed E-state index contributed by atoms with van der Waals surface area (Å²) in [6, 6.07) is 5.30. The Hall–Kier alpha value is -3.97. The number of halogens is 1. The van der Waals surface area contributed by atoms with Crippen molar-refractivity contribution >= 4 is 34.1 Å². The van der Waals surface area contributed by atoms with E-state index in [-0.39, 0.29) is 29.0 Å². The zero-order valence-electron chi connectivity index (χ0n) is 19.2. The normalized spacial score (nSPS) is 17.9. The van der Waals surface area contributed by atoms with E-state index < -0.39 is 11.9 Å². The largest absolute Gasteiger partial charge is 0.465 e. The van der Waals surface area contributed by atoms with Crippen molar-refractivity contribution in [2.75, 3.05) is 35.7 Å². The lowest BCUT2D eigenvalue weighted by Gasteiger charge is -2.31. The van der Waals surface area contributed by atoms with Crippen molar-refractivity contribution in [1.29, 1.82) is 5.26 Å². The van der Waals surface area contributed by atoms with Crippen molar-refractivity contribution in [3.05, 3.63) is 41.6 Å². The highest BCUT2D eigenvalue weighted by atomic mass is 19.1. The number of carbonyl (C=O) groups is 1. The van der Waals surface area contributed by atoms with Crippen LogP contribution < -0.4 is 16.0 Å². The minimum atomic E-state index is -1.10. The molecule has 4 heterocycles. The van der Waals surface area contributed by atoms with Gasteiger partial charge in [0.2, 0.25) is 0 Å². The highest BCUT2D eigenvalue weighted by molar-refractivity contribution is 5.99. The first-order chi connectivity index (χ1) is 16.9. The van der Waals surface area contributed by atoms with Crippen molar-refractivity contribution in [3.8, 4) is 17.2 Å². The lowest BCUT2D eigenvalue weighted by molar-refractivity contribution is 0.0836. The molecular formula is C25H25FN6O3. The van der Waals surface area contributed by atoms with E-state index in [2.05, 4.69) is 21.4 Å². The molecule has 1 fully saturated rings. The van der Waals surface area contributed by atoms with Gasteiger partial charge >= 0.3 is 6.09 Å². The number of anilines is 3. The molecule has 1 aromatic carbocycles. The second-order valence-corrected chi connectivity index (χ2v) is 8.94. The third kappa shape index (κ3) is 3.98. The predicted molar refractivity (Wildman–Crippen MR) is 130 cm³/mol. The van der Waals surface area contributed by atoms with E-state index in [1.54, 1.807) is 18.3 Å². The van der Waals surface area contributed by atoms with Crippen LogP contribution in [0.1, 0.15) is 24.1 Å². The molecule has 2 aliphatic heterocycles. The van der Waals surface area contributed by atoms with Gasteiger partial charge in [0.1, 0.15) is 5.82 Å². The Morgan fingerprint density at radius 1 is 1.29 bits per heavy atom. The van der Waals surface area contributed by atoms with E-state index in [0.717, 1.165) is 16.9 Å². The molecule has 5 rings (SSSR count). The minimum absolute atomic E-state index is 0.0564. The molecule has 1 saturated heterocycles. The highest BCUT2D eigenvalue weighted by Crippen LogP contribution is 2.39. The number of hydrogen-bond donors (Lipinski definition) is 3. The summed E-state index contributed by atoms with van der Waals surface area (Å²) < 4.78 is 20.8. The van der Waals surface area contributed by atoms with Crippen LogP contribution in [0.5, 0.6) is 0 Å². The average Bonchev–Trinajstić information content (AvgIpc) is 2.87. The lowest BCUT2D eigenvalue weighted by Crippen LogP contribution is -2.43. The van der Waals surface area contributed by atoms with Crippen LogP contribution in [-0.4, -0.2) is 47.0 Å². The molecule has 10 heteroatoms. The molecule has 0 radical (unpaired) electrons. The number of nitrogen functional groups attached to an aromatic ring is 1. The average molecular weight is 477 g/mol. The molecule has 0 bridgehead atoms. The first-order valence-electron chi connectivity index (χ1n) is 11.5. The maximum absolute atomic E-state index is 15.5. The molecule has 1 unspecified atom stereocenters. The second kappa shape index (κ2) is 9.00. The van der Waals surface area contributed by atoms with Crippen molar-refractivity contribution in [3.63, 3.8) is 0 Å². The molecule has 9 nitrogen and oxygen atoms in total. The predicted octanol–water partition coefficient (Wildman–Crippen LogP) is 4.10. The number of carboxylic acid groups (broad SMARTS) is 1. The second-order valence-electron chi connectivity index (χ2n) is 8.94. The number of benzene rings is 1. The molecule has 2 aliphatic rings. The smallest absolute Gasteiger partial charge is 0.413 e. The molecule has 180 valence electrons. The van der Waals surface area contributed by atoms with Crippen LogP contribution in [-0.2, 0) is 11.2 Å². The summed E-state index contributed by atoms with van der Waals surface area (Å²) in [5.74, 6) is -0.479. The van der Waals surface area contributed by atoms with Crippen LogP contribution in [0.2, 0.25) is 0 Å². The minimum Gasteiger partial charge on any atom is -0.465 e. The molecule has 3 aromatic rings. The maximum atomic E-state index is 15.5. The number of hydrogen-bond acceptors (Lipinski definition) is 7. The van der Waals surface area contributed by atoms with Crippen LogP contribution >= 0.6 is 0 Å². The number of nitrogens with two attached hydrogens (primary N) is 1. The Morgan fingerprint density at radius 3 is 2.77 bits per heavy atom. The third-order valence-electron chi connectivity index (χ3n) is 6.85. The van der Waals surface area contributed by atoms with Gasteiger partial charge in [0.05, 0.1) is 29.1 Å². The van der Waals surface area contributed by atoms with E-state index in [4.69, 9.17) is 10.5 Å². The highest BCUT2D eigenvalue weighted by Gasteiger charge is 2.29. The van der Waals surface area contributed by atoms with Gasteiger partial charge in [-0.15, -0.1) is 0 Å². The van der Waals surface area contributed by atoms with Gasteiger partial charge in [0.25, 0.3) is 0 Å². The molecule has 1 amide bonds. The summed E-state index contributed by atoms with van der Waals surface area (Å²) in [6.45, 7) is 3.35. The van der Waals surface area contributed by atoms with Gasteiger partial charge in [0.15, 0.2) is 5.82 Å². The summed E-state index contributed by atoms with van der Waals surface area (Å²) in [5.41, 5.74) is 9.37. The fraction of sp³-hybridized carbons (Fsp3) is 0.360. The standard InChI is InChI=1S/C25H25FN6O3/c1-13-18(11-29-20-6-14(9-27)10-31-24(13)20)17-7-15-8-21(30-12-19(15)23(28)22(17)26)32(25(33)34)16-2-4-35-5-3-16/h7-8,11-12,14,16,31H,2-6,10,28H2,1H3,(H,33,34). The van der Waals surface area contributed by atoms with Crippen LogP contribution in [0.15, 0.2) is 24.5 Å².